The molecule has 0 fully saturated rings. The Labute approximate surface area is 292 Å². The summed E-state index contributed by atoms with van der Waals surface area (Å²) >= 11 is 0. The number of hydrogen-bond acceptors (Lipinski definition) is 8. The summed E-state index contributed by atoms with van der Waals surface area (Å²) in [5.74, 6) is 1.11. The number of benzene rings is 4. The molecule has 0 aliphatic carbocycles. The molecule has 9 rings (SSSR count). The van der Waals surface area contributed by atoms with E-state index in [1.165, 1.54) is 0 Å². The number of para-hydroxylation sites is 2. The van der Waals surface area contributed by atoms with Crippen LogP contribution in [0.3, 0.4) is 0 Å². The maximum atomic E-state index is 4.93. The fraction of sp³-hybridized carbons (Fsp3) is 0. The van der Waals surface area contributed by atoms with Gasteiger partial charge in [-0.25, -0.2) is 9.97 Å². The molecule has 0 aliphatic heterocycles. The minimum absolute atomic E-state index is 0. The first-order valence-corrected chi connectivity index (χ1v) is 15.1. The van der Waals surface area contributed by atoms with Crippen molar-refractivity contribution in [2.75, 3.05) is 0 Å². The van der Waals surface area contributed by atoms with Crippen LogP contribution in [-0.4, -0.2) is 49.0 Å². The van der Waals surface area contributed by atoms with Crippen LogP contribution in [0.1, 0.15) is 0 Å². The van der Waals surface area contributed by atoms with Gasteiger partial charge >= 0.3 is 21.1 Å². The van der Waals surface area contributed by atoms with Crippen molar-refractivity contribution in [1.29, 1.82) is 0 Å². The Morgan fingerprint density at radius 3 is 1.14 bits per heavy atom. The summed E-state index contributed by atoms with van der Waals surface area (Å²) in [6.45, 7) is 0. The first-order valence-electron chi connectivity index (χ1n) is 15.1. The van der Waals surface area contributed by atoms with Crippen LogP contribution in [0.15, 0.2) is 134 Å². The van der Waals surface area contributed by atoms with Crippen LogP contribution in [0.2, 0.25) is 0 Å². The molecule has 0 saturated heterocycles. The van der Waals surface area contributed by atoms with Crippen LogP contribution in [0.5, 0.6) is 0 Å². The molecule has 0 unspecified atom stereocenters. The topological polar surface area (TPSA) is 141 Å². The molecule has 0 spiro atoms. The van der Waals surface area contributed by atoms with E-state index in [4.69, 9.17) is 49.8 Å². The van der Waals surface area contributed by atoms with Crippen molar-refractivity contribution in [2.45, 2.75) is 0 Å². The zero-order valence-electron chi connectivity index (χ0n) is 25.4. The van der Waals surface area contributed by atoms with Gasteiger partial charge in [-0.1, -0.05) is 97.1 Å². The second-order valence-electron chi connectivity index (χ2n) is 10.8. The van der Waals surface area contributed by atoms with Crippen molar-refractivity contribution in [2.24, 2.45) is 0 Å². The van der Waals surface area contributed by atoms with E-state index in [9.17, 15) is 0 Å². The van der Waals surface area contributed by atoms with Crippen molar-refractivity contribution >= 4 is 45.7 Å². The summed E-state index contributed by atoms with van der Waals surface area (Å²) in [7, 11) is 0. The zero-order valence-corrected chi connectivity index (χ0v) is 27.7. The standard InChI is InChI=1S/C36H22N12.Pt/c1-5-13-23(14-6-1)29-31-43-33(41-29)37-27-21-48(26-19-11-4-12-20-26)36(40-27)46-32-30(24-15-7-2-8-16-24)42-34(44-32)38-28-22-47(35(39-28)45-31)25-17-9-3-10-18-25;/h1-22H;/q-2;+2. The predicted octanol–water partition coefficient (Wildman–Crippen LogP) is 5.97. The molecule has 8 bridgehead atoms. The van der Waals surface area contributed by atoms with Gasteiger partial charge in [0.25, 0.3) is 0 Å². The van der Waals surface area contributed by atoms with Gasteiger partial charge in [-0.15, -0.1) is 0 Å². The van der Waals surface area contributed by atoms with Gasteiger partial charge in [-0.2, -0.15) is 0 Å². The molecule has 5 heterocycles. The maximum Gasteiger partial charge on any atom is 2.00 e. The SMILES string of the molecule is [Pt+2].c1ccc(-c2nc3nc4cn(-c5ccccc5)c(n4)nc4[n-]c(nc4-c4ccccc4)nc4cn(-c5ccccc5)c(n4)nc2[n-]3)cc1. The van der Waals surface area contributed by atoms with E-state index in [0.717, 1.165) is 22.5 Å². The summed E-state index contributed by atoms with van der Waals surface area (Å²) < 4.78 is 3.69. The molecule has 236 valence electrons. The normalized spacial score (nSPS) is 11.1. The van der Waals surface area contributed by atoms with Gasteiger partial charge in [0.15, 0.2) is 11.6 Å². The van der Waals surface area contributed by atoms with E-state index in [1.54, 1.807) is 12.4 Å². The third-order valence-corrected chi connectivity index (χ3v) is 7.61. The van der Waals surface area contributed by atoms with Gasteiger partial charge < -0.3 is 29.9 Å². The molecule has 0 radical (unpaired) electrons. The molecule has 49 heavy (non-hydrogen) atoms. The van der Waals surface area contributed by atoms with E-state index < -0.39 is 0 Å². The number of imidazole rings is 4. The van der Waals surface area contributed by atoms with Crippen LogP contribution in [0.25, 0.3) is 79.6 Å². The quantitative estimate of drug-likeness (QED) is 0.209. The van der Waals surface area contributed by atoms with Crippen LogP contribution >= 0.6 is 0 Å². The first kappa shape index (κ1) is 30.0. The third-order valence-electron chi connectivity index (χ3n) is 7.61. The van der Waals surface area contributed by atoms with E-state index in [1.807, 2.05) is 130 Å². The molecular formula is C36H22N12Pt. The van der Waals surface area contributed by atoms with Crippen LogP contribution in [0.4, 0.5) is 0 Å². The Morgan fingerprint density at radius 1 is 0.388 bits per heavy atom. The molecule has 4 aromatic carbocycles. The Hall–Kier alpha value is -6.39. The Bertz CT molecular complexity index is 2300. The zero-order chi connectivity index (χ0) is 31.9. The Balaban J connectivity index is 0.00000348. The Kier molecular flexibility index (Phi) is 7.75. The van der Waals surface area contributed by atoms with Gasteiger partial charge in [-0.05, 0) is 35.4 Å². The molecule has 5 aromatic heterocycles. The minimum atomic E-state index is 0. The average molecular weight is 818 g/mol. The summed E-state index contributed by atoms with van der Waals surface area (Å²) in [4.78, 5) is 48.0. The smallest absolute Gasteiger partial charge is 0.319 e. The number of fused-ring (bicyclic) bond motifs is 8. The van der Waals surface area contributed by atoms with Crippen molar-refractivity contribution in [3.8, 4) is 33.9 Å². The minimum Gasteiger partial charge on any atom is -0.319 e. The fourth-order valence-corrected chi connectivity index (χ4v) is 5.41. The van der Waals surface area contributed by atoms with Gasteiger partial charge in [0.2, 0.25) is 0 Å². The fourth-order valence-electron chi connectivity index (χ4n) is 5.41. The van der Waals surface area contributed by atoms with Gasteiger partial charge in [0.05, 0.1) is 22.8 Å². The Morgan fingerprint density at radius 2 is 0.755 bits per heavy atom. The molecule has 0 atom stereocenters. The predicted molar refractivity (Wildman–Crippen MR) is 181 cm³/mol. The van der Waals surface area contributed by atoms with Crippen LogP contribution < -0.4 is 9.97 Å². The number of nitrogens with zero attached hydrogens (tertiary/aromatic N) is 12. The monoisotopic (exact) mass is 817 g/mol. The molecule has 0 saturated carbocycles. The number of rotatable bonds is 4. The van der Waals surface area contributed by atoms with Gasteiger partial charge in [-0.3, -0.25) is 19.1 Å². The summed E-state index contributed by atoms with van der Waals surface area (Å²) in [6.07, 6.45) is 3.58. The van der Waals surface area contributed by atoms with Gasteiger partial charge in [0.1, 0.15) is 11.3 Å². The van der Waals surface area contributed by atoms with E-state index in [0.29, 0.717) is 45.5 Å². The maximum absolute atomic E-state index is 4.93. The summed E-state index contributed by atoms with van der Waals surface area (Å²) in [6, 6.07) is 39.0. The van der Waals surface area contributed by atoms with Crippen molar-refractivity contribution in [1.82, 2.24) is 59.0 Å². The molecule has 13 heteroatoms. The summed E-state index contributed by atoms with van der Waals surface area (Å²) in [5.41, 5.74) is 5.90. The second kappa shape index (κ2) is 12.7. The second-order valence-corrected chi connectivity index (χ2v) is 10.8. The van der Waals surface area contributed by atoms with E-state index >= 15 is 0 Å². The molecule has 9 aromatic rings. The van der Waals surface area contributed by atoms with Crippen molar-refractivity contribution < 1.29 is 21.1 Å². The molecule has 12 nitrogen and oxygen atoms in total. The third kappa shape index (κ3) is 5.85. The van der Waals surface area contributed by atoms with E-state index in [2.05, 4.69) is 0 Å². The molecule has 0 N–H and O–H groups in total. The average Bonchev–Trinajstić information content (AvgIpc) is 3.92. The van der Waals surface area contributed by atoms with Crippen molar-refractivity contribution in [3.05, 3.63) is 134 Å². The van der Waals surface area contributed by atoms with Crippen LogP contribution in [-0.2, 0) is 21.1 Å². The first-order chi connectivity index (χ1) is 23.7. The molecule has 0 amide bonds. The molecular weight excluding hydrogens is 796 g/mol. The van der Waals surface area contributed by atoms with Gasteiger partial charge in [0, 0.05) is 35.2 Å². The summed E-state index contributed by atoms with van der Waals surface area (Å²) in [5, 5.41) is 0. The largest absolute Gasteiger partial charge is 2.00 e. The van der Waals surface area contributed by atoms with Crippen molar-refractivity contribution in [3.63, 3.8) is 0 Å². The van der Waals surface area contributed by atoms with E-state index in [-0.39, 0.29) is 32.6 Å². The number of hydrogen-bond donors (Lipinski definition) is 0. The van der Waals surface area contributed by atoms with Crippen LogP contribution in [0, 0.1) is 0 Å². The molecule has 0 aliphatic rings. The number of aromatic nitrogens is 12.